The molecule has 1 aromatic carbocycles. The van der Waals surface area contributed by atoms with E-state index in [4.69, 9.17) is 4.74 Å². The zero-order chi connectivity index (χ0) is 15.4. The minimum absolute atomic E-state index is 0.0189. The van der Waals surface area contributed by atoms with Crippen molar-refractivity contribution in [2.24, 2.45) is 5.92 Å². The SMILES string of the molecule is CONC(=O)[C@H]1CC(=O)N([C@H](C)c2ccc(OC)cc2)C1. The molecular weight excluding hydrogens is 272 g/mol. The molecule has 0 aromatic heterocycles. The molecule has 21 heavy (non-hydrogen) atoms. The highest BCUT2D eigenvalue weighted by Gasteiger charge is 2.37. The van der Waals surface area contributed by atoms with E-state index in [1.54, 1.807) is 12.0 Å². The molecule has 1 saturated heterocycles. The number of rotatable bonds is 5. The topological polar surface area (TPSA) is 67.9 Å². The molecule has 1 aliphatic heterocycles. The molecule has 0 radical (unpaired) electrons. The summed E-state index contributed by atoms with van der Waals surface area (Å²) in [6, 6.07) is 7.51. The van der Waals surface area contributed by atoms with Crippen molar-refractivity contribution in [3.8, 4) is 5.75 Å². The van der Waals surface area contributed by atoms with Gasteiger partial charge in [-0.1, -0.05) is 12.1 Å². The third-order valence-corrected chi connectivity index (χ3v) is 3.80. The van der Waals surface area contributed by atoms with Gasteiger partial charge in [0.15, 0.2) is 0 Å². The number of methoxy groups -OCH3 is 1. The largest absolute Gasteiger partial charge is 0.497 e. The first-order valence-corrected chi connectivity index (χ1v) is 6.83. The summed E-state index contributed by atoms with van der Waals surface area (Å²) in [5.41, 5.74) is 3.30. The number of hydrogen-bond donors (Lipinski definition) is 1. The van der Waals surface area contributed by atoms with Crippen molar-refractivity contribution in [3.63, 3.8) is 0 Å². The predicted molar refractivity (Wildman–Crippen MR) is 76.4 cm³/mol. The van der Waals surface area contributed by atoms with Gasteiger partial charge in [0, 0.05) is 13.0 Å². The molecule has 2 amide bonds. The van der Waals surface area contributed by atoms with Gasteiger partial charge in [0.05, 0.1) is 26.2 Å². The van der Waals surface area contributed by atoms with Gasteiger partial charge >= 0.3 is 0 Å². The molecule has 1 fully saturated rings. The van der Waals surface area contributed by atoms with E-state index in [0.717, 1.165) is 11.3 Å². The maximum atomic E-state index is 12.1. The van der Waals surface area contributed by atoms with Crippen LogP contribution in [0.1, 0.15) is 24.9 Å². The molecule has 2 rings (SSSR count). The van der Waals surface area contributed by atoms with Gasteiger partial charge in [-0.2, -0.15) is 0 Å². The Balaban J connectivity index is 2.06. The van der Waals surface area contributed by atoms with Crippen molar-refractivity contribution < 1.29 is 19.2 Å². The Morgan fingerprint density at radius 3 is 2.57 bits per heavy atom. The highest BCUT2D eigenvalue weighted by molar-refractivity contribution is 5.89. The van der Waals surface area contributed by atoms with E-state index in [9.17, 15) is 9.59 Å². The Morgan fingerprint density at radius 2 is 2.00 bits per heavy atom. The summed E-state index contributed by atoms with van der Waals surface area (Å²) in [6.07, 6.45) is 0.218. The Morgan fingerprint density at radius 1 is 1.33 bits per heavy atom. The Labute approximate surface area is 124 Å². The molecule has 1 N–H and O–H groups in total. The average Bonchev–Trinajstić information content (AvgIpc) is 2.89. The number of ether oxygens (including phenoxy) is 1. The molecule has 114 valence electrons. The predicted octanol–water partition coefficient (Wildman–Crippen LogP) is 1.28. The molecule has 6 nitrogen and oxygen atoms in total. The van der Waals surface area contributed by atoms with Crippen molar-refractivity contribution >= 4 is 11.8 Å². The fourth-order valence-corrected chi connectivity index (χ4v) is 2.53. The summed E-state index contributed by atoms with van der Waals surface area (Å²) < 4.78 is 5.12. The van der Waals surface area contributed by atoms with Crippen LogP contribution in [0.3, 0.4) is 0 Å². The van der Waals surface area contributed by atoms with Crippen LogP contribution >= 0.6 is 0 Å². The summed E-state index contributed by atoms with van der Waals surface area (Å²) in [5.74, 6) is 0.138. The molecule has 0 aliphatic carbocycles. The van der Waals surface area contributed by atoms with Crippen LogP contribution in [0.2, 0.25) is 0 Å². The highest BCUT2D eigenvalue weighted by Crippen LogP contribution is 2.29. The lowest BCUT2D eigenvalue weighted by atomic mass is 10.1. The van der Waals surface area contributed by atoms with E-state index in [0.29, 0.717) is 6.54 Å². The lowest BCUT2D eigenvalue weighted by molar-refractivity contribution is -0.135. The third-order valence-electron chi connectivity index (χ3n) is 3.80. The number of benzene rings is 1. The third kappa shape index (κ3) is 3.33. The van der Waals surface area contributed by atoms with Crippen LogP contribution in [0.25, 0.3) is 0 Å². The second-order valence-corrected chi connectivity index (χ2v) is 5.07. The monoisotopic (exact) mass is 292 g/mol. The maximum Gasteiger partial charge on any atom is 0.248 e. The van der Waals surface area contributed by atoms with Crippen LogP contribution in [0, 0.1) is 5.92 Å². The minimum atomic E-state index is -0.363. The summed E-state index contributed by atoms with van der Waals surface area (Å²) in [7, 11) is 2.99. The van der Waals surface area contributed by atoms with Gasteiger partial charge in [-0.3, -0.25) is 14.4 Å². The highest BCUT2D eigenvalue weighted by atomic mass is 16.6. The zero-order valence-corrected chi connectivity index (χ0v) is 12.5. The van der Waals surface area contributed by atoms with Crippen molar-refractivity contribution in [2.75, 3.05) is 20.8 Å². The second kappa shape index (κ2) is 6.58. The van der Waals surface area contributed by atoms with Gasteiger partial charge in [-0.15, -0.1) is 0 Å². The summed E-state index contributed by atoms with van der Waals surface area (Å²) in [5, 5.41) is 0. The fraction of sp³-hybridized carbons (Fsp3) is 0.467. The molecule has 6 heteroatoms. The standard InChI is InChI=1S/C15H20N2O4/c1-10(11-4-6-13(20-2)7-5-11)17-9-12(8-14(17)18)15(19)16-21-3/h4-7,10,12H,8-9H2,1-3H3,(H,16,19)/t10-,12+/m1/s1. The van der Waals surface area contributed by atoms with E-state index in [1.165, 1.54) is 7.11 Å². The van der Waals surface area contributed by atoms with E-state index >= 15 is 0 Å². The van der Waals surface area contributed by atoms with Crippen LogP contribution in [-0.2, 0) is 14.4 Å². The first-order chi connectivity index (χ1) is 10.1. The van der Waals surface area contributed by atoms with E-state index in [1.807, 2.05) is 31.2 Å². The normalized spacial score (nSPS) is 19.5. The molecule has 2 atom stereocenters. The van der Waals surface area contributed by atoms with Crippen LogP contribution in [0.15, 0.2) is 24.3 Å². The summed E-state index contributed by atoms with van der Waals surface area (Å²) >= 11 is 0. The number of carbonyl (C=O) groups excluding carboxylic acids is 2. The van der Waals surface area contributed by atoms with E-state index in [2.05, 4.69) is 10.3 Å². The smallest absolute Gasteiger partial charge is 0.248 e. The van der Waals surface area contributed by atoms with Crippen LogP contribution in [-0.4, -0.2) is 37.5 Å². The molecule has 0 saturated carbocycles. The number of amides is 2. The average molecular weight is 292 g/mol. The molecule has 1 aromatic rings. The molecule has 1 heterocycles. The lowest BCUT2D eigenvalue weighted by Crippen LogP contribution is -2.33. The molecule has 0 spiro atoms. The number of hydroxylamine groups is 1. The van der Waals surface area contributed by atoms with Crippen molar-refractivity contribution in [1.29, 1.82) is 0 Å². The summed E-state index contributed by atoms with van der Waals surface area (Å²) in [4.78, 5) is 30.2. The fourth-order valence-electron chi connectivity index (χ4n) is 2.53. The van der Waals surface area contributed by atoms with Gasteiger partial charge in [0.1, 0.15) is 5.75 Å². The minimum Gasteiger partial charge on any atom is -0.497 e. The first kappa shape index (κ1) is 15.3. The first-order valence-electron chi connectivity index (χ1n) is 6.83. The molecule has 0 unspecified atom stereocenters. The van der Waals surface area contributed by atoms with Crippen molar-refractivity contribution in [1.82, 2.24) is 10.4 Å². The van der Waals surface area contributed by atoms with Gasteiger partial charge in [-0.05, 0) is 24.6 Å². The van der Waals surface area contributed by atoms with Crippen molar-refractivity contribution in [2.45, 2.75) is 19.4 Å². The van der Waals surface area contributed by atoms with Gasteiger partial charge in [0.2, 0.25) is 11.8 Å². The van der Waals surface area contributed by atoms with Crippen LogP contribution < -0.4 is 10.2 Å². The Hall–Kier alpha value is -2.08. The summed E-state index contributed by atoms with van der Waals surface area (Å²) in [6.45, 7) is 2.36. The number of likely N-dealkylation sites (tertiary alicyclic amines) is 1. The van der Waals surface area contributed by atoms with E-state index in [-0.39, 0.29) is 30.2 Å². The Kier molecular flexibility index (Phi) is 4.80. The molecule has 1 aliphatic rings. The molecular formula is C15H20N2O4. The zero-order valence-electron chi connectivity index (χ0n) is 12.5. The number of hydrogen-bond acceptors (Lipinski definition) is 4. The molecule has 0 bridgehead atoms. The second-order valence-electron chi connectivity index (χ2n) is 5.07. The quantitative estimate of drug-likeness (QED) is 0.830. The number of nitrogens with one attached hydrogen (secondary N) is 1. The van der Waals surface area contributed by atoms with Crippen LogP contribution in [0.4, 0.5) is 0 Å². The number of carbonyl (C=O) groups is 2. The van der Waals surface area contributed by atoms with E-state index < -0.39 is 0 Å². The van der Waals surface area contributed by atoms with Gasteiger partial charge in [0.25, 0.3) is 0 Å². The van der Waals surface area contributed by atoms with Crippen molar-refractivity contribution in [3.05, 3.63) is 29.8 Å². The lowest BCUT2D eigenvalue weighted by Gasteiger charge is -2.25. The van der Waals surface area contributed by atoms with Crippen LogP contribution in [0.5, 0.6) is 5.75 Å². The number of nitrogens with zero attached hydrogens (tertiary/aromatic N) is 1. The van der Waals surface area contributed by atoms with Gasteiger partial charge in [-0.25, -0.2) is 5.48 Å². The van der Waals surface area contributed by atoms with Gasteiger partial charge < -0.3 is 9.64 Å². The maximum absolute atomic E-state index is 12.1. The Bertz CT molecular complexity index is 515.